The summed E-state index contributed by atoms with van der Waals surface area (Å²) in [6.07, 6.45) is 0. The zero-order valence-corrected chi connectivity index (χ0v) is 8.39. The fourth-order valence-corrected chi connectivity index (χ4v) is 1.42. The molecule has 72 valence electrons. The molecule has 3 N–H and O–H groups in total. The van der Waals surface area contributed by atoms with Crippen molar-refractivity contribution in [3.63, 3.8) is 0 Å². The van der Waals surface area contributed by atoms with Crippen LogP contribution >= 0.6 is 11.3 Å². The van der Waals surface area contributed by atoms with Crippen molar-refractivity contribution in [1.29, 1.82) is 0 Å². The van der Waals surface area contributed by atoms with Crippen molar-refractivity contribution in [3.05, 3.63) is 16.1 Å². The summed E-state index contributed by atoms with van der Waals surface area (Å²) in [5.41, 5.74) is 8.38. The lowest BCUT2D eigenvalue weighted by Gasteiger charge is -2.09. The topological polar surface area (TPSA) is 71.2 Å². The molecular formula is C7H12N4OS. The van der Waals surface area contributed by atoms with Crippen LogP contribution in [0.3, 0.4) is 0 Å². The number of nitrogens with one attached hydrogen (secondary N) is 1. The lowest BCUT2D eigenvalue weighted by Crippen LogP contribution is -2.36. The molecule has 0 fully saturated rings. The van der Waals surface area contributed by atoms with Gasteiger partial charge in [-0.25, -0.2) is 9.99 Å². The van der Waals surface area contributed by atoms with E-state index in [-0.39, 0.29) is 5.91 Å². The van der Waals surface area contributed by atoms with Crippen molar-refractivity contribution in [1.82, 2.24) is 15.4 Å². The van der Waals surface area contributed by atoms with Crippen molar-refractivity contribution in [3.8, 4) is 0 Å². The van der Waals surface area contributed by atoms with Gasteiger partial charge in [-0.1, -0.05) is 0 Å². The zero-order chi connectivity index (χ0) is 9.84. The average Bonchev–Trinajstić information content (AvgIpc) is 2.50. The van der Waals surface area contributed by atoms with E-state index < -0.39 is 0 Å². The Morgan fingerprint density at radius 2 is 2.46 bits per heavy atom. The number of nitrogens with two attached hydrogens (primary N) is 1. The summed E-state index contributed by atoms with van der Waals surface area (Å²) in [6, 6.07) is 0. The first kappa shape index (κ1) is 10.1. The maximum atomic E-state index is 11.3. The minimum absolute atomic E-state index is 0.207. The number of carbonyl (C=O) groups is 1. The van der Waals surface area contributed by atoms with Gasteiger partial charge in [0.2, 0.25) is 0 Å². The van der Waals surface area contributed by atoms with E-state index in [0.717, 1.165) is 5.01 Å². The van der Waals surface area contributed by atoms with E-state index in [1.54, 1.807) is 24.5 Å². The molecule has 13 heavy (non-hydrogen) atoms. The van der Waals surface area contributed by atoms with Crippen LogP contribution in [0.4, 0.5) is 0 Å². The van der Waals surface area contributed by atoms with Crippen molar-refractivity contribution in [2.24, 2.45) is 5.73 Å². The van der Waals surface area contributed by atoms with E-state index in [0.29, 0.717) is 12.2 Å². The first-order valence-corrected chi connectivity index (χ1v) is 4.64. The lowest BCUT2D eigenvalue weighted by molar-refractivity contribution is 0.0852. The van der Waals surface area contributed by atoms with Gasteiger partial charge in [-0.2, -0.15) is 0 Å². The van der Waals surface area contributed by atoms with Gasteiger partial charge in [-0.05, 0) is 0 Å². The fourth-order valence-electron chi connectivity index (χ4n) is 0.769. The average molecular weight is 200 g/mol. The second-order valence-corrected chi connectivity index (χ2v) is 3.61. The van der Waals surface area contributed by atoms with Gasteiger partial charge in [0.1, 0.15) is 10.7 Å². The summed E-state index contributed by atoms with van der Waals surface area (Å²) in [5, 5.41) is 4.04. The first-order chi connectivity index (χ1) is 6.13. The van der Waals surface area contributed by atoms with E-state index in [2.05, 4.69) is 10.4 Å². The molecule has 0 spiro atoms. The van der Waals surface area contributed by atoms with Crippen molar-refractivity contribution in [2.75, 3.05) is 14.1 Å². The summed E-state index contributed by atoms with van der Waals surface area (Å²) in [6.45, 7) is 0.375. The Hall–Kier alpha value is -0.980. The van der Waals surface area contributed by atoms with Crippen molar-refractivity contribution >= 4 is 17.2 Å². The molecule has 0 atom stereocenters. The minimum atomic E-state index is -0.207. The smallest absolute Gasteiger partial charge is 0.285 e. The quantitative estimate of drug-likeness (QED) is 0.663. The van der Waals surface area contributed by atoms with Gasteiger partial charge in [0.05, 0.1) is 0 Å². The second kappa shape index (κ2) is 4.31. The number of thiazole rings is 1. The second-order valence-electron chi connectivity index (χ2n) is 2.67. The number of rotatable bonds is 3. The fraction of sp³-hybridized carbons (Fsp3) is 0.429. The molecule has 0 aliphatic rings. The Kier molecular flexibility index (Phi) is 3.35. The van der Waals surface area contributed by atoms with E-state index in [1.165, 1.54) is 11.3 Å². The Balaban J connectivity index is 2.66. The number of hydrogen-bond donors (Lipinski definition) is 2. The predicted molar refractivity (Wildman–Crippen MR) is 51.2 cm³/mol. The van der Waals surface area contributed by atoms with Crippen LogP contribution in [0.25, 0.3) is 0 Å². The molecular weight excluding hydrogens is 188 g/mol. The highest BCUT2D eigenvalue weighted by atomic mass is 32.1. The molecule has 0 radical (unpaired) electrons. The summed E-state index contributed by atoms with van der Waals surface area (Å²) in [4.78, 5) is 15.4. The molecule has 0 saturated heterocycles. The largest absolute Gasteiger partial charge is 0.325 e. The monoisotopic (exact) mass is 200 g/mol. The van der Waals surface area contributed by atoms with E-state index in [1.807, 2.05) is 0 Å². The summed E-state index contributed by atoms with van der Waals surface area (Å²) >= 11 is 1.39. The molecule has 0 saturated carbocycles. The van der Waals surface area contributed by atoms with Crippen molar-refractivity contribution in [2.45, 2.75) is 6.54 Å². The minimum Gasteiger partial charge on any atom is -0.325 e. The first-order valence-electron chi connectivity index (χ1n) is 3.76. The van der Waals surface area contributed by atoms with Gasteiger partial charge in [-0.15, -0.1) is 11.3 Å². The van der Waals surface area contributed by atoms with Crippen LogP contribution < -0.4 is 11.2 Å². The van der Waals surface area contributed by atoms with Crippen molar-refractivity contribution < 1.29 is 4.79 Å². The Labute approximate surface area is 80.5 Å². The number of hydrogen-bond acceptors (Lipinski definition) is 5. The summed E-state index contributed by atoms with van der Waals surface area (Å²) in [5.74, 6) is -0.207. The number of nitrogens with zero attached hydrogens (tertiary/aromatic N) is 2. The molecule has 0 aliphatic carbocycles. The van der Waals surface area contributed by atoms with Gasteiger partial charge in [0.25, 0.3) is 5.91 Å². The van der Waals surface area contributed by atoms with Gasteiger partial charge < -0.3 is 5.73 Å². The van der Waals surface area contributed by atoms with Gasteiger partial charge in [0, 0.05) is 26.0 Å². The van der Waals surface area contributed by atoms with E-state index >= 15 is 0 Å². The molecule has 0 unspecified atom stereocenters. The standard InChI is InChI=1S/C7H12N4OS/c1-11(2)10-7(12)5-4-13-6(3-8)9-5/h4H,3,8H2,1-2H3,(H,10,12). The zero-order valence-electron chi connectivity index (χ0n) is 7.57. The molecule has 1 aromatic rings. The molecule has 1 rings (SSSR count). The molecule has 0 bridgehead atoms. The third-order valence-electron chi connectivity index (χ3n) is 1.28. The molecule has 0 aromatic carbocycles. The van der Waals surface area contributed by atoms with Crippen LogP contribution in [-0.2, 0) is 6.54 Å². The predicted octanol–water partition coefficient (Wildman–Crippen LogP) is -0.192. The molecule has 6 heteroatoms. The van der Waals surface area contributed by atoms with E-state index in [9.17, 15) is 4.79 Å². The molecule has 1 aromatic heterocycles. The highest BCUT2D eigenvalue weighted by molar-refractivity contribution is 7.09. The number of hydrazine groups is 1. The maximum Gasteiger partial charge on any atom is 0.285 e. The third kappa shape index (κ3) is 2.76. The van der Waals surface area contributed by atoms with Crippen LogP contribution in [-0.4, -0.2) is 30.0 Å². The molecule has 0 aliphatic heterocycles. The number of amides is 1. The molecule has 5 nitrogen and oxygen atoms in total. The van der Waals surface area contributed by atoms with Crippen LogP contribution in [0.15, 0.2) is 5.38 Å². The molecule has 1 heterocycles. The van der Waals surface area contributed by atoms with Gasteiger partial charge in [0.15, 0.2) is 0 Å². The summed E-state index contributed by atoms with van der Waals surface area (Å²) in [7, 11) is 3.49. The maximum absolute atomic E-state index is 11.3. The highest BCUT2D eigenvalue weighted by Gasteiger charge is 2.09. The summed E-state index contributed by atoms with van der Waals surface area (Å²) < 4.78 is 0. The normalized spacial score (nSPS) is 10.5. The molecule has 1 amide bonds. The van der Waals surface area contributed by atoms with Crippen LogP contribution in [0.1, 0.15) is 15.5 Å². The van der Waals surface area contributed by atoms with Gasteiger partial charge in [-0.3, -0.25) is 10.2 Å². The Morgan fingerprint density at radius 1 is 1.77 bits per heavy atom. The Bertz CT molecular complexity index is 296. The van der Waals surface area contributed by atoms with Crippen LogP contribution in [0.5, 0.6) is 0 Å². The lowest BCUT2D eigenvalue weighted by atomic mass is 10.5. The van der Waals surface area contributed by atoms with Gasteiger partial charge >= 0.3 is 0 Å². The Morgan fingerprint density at radius 3 is 2.92 bits per heavy atom. The number of aromatic nitrogens is 1. The highest BCUT2D eigenvalue weighted by Crippen LogP contribution is 2.08. The SMILES string of the molecule is CN(C)NC(=O)c1csc(CN)n1. The number of carbonyl (C=O) groups excluding carboxylic acids is 1. The third-order valence-corrected chi connectivity index (χ3v) is 2.16. The van der Waals surface area contributed by atoms with Crippen LogP contribution in [0.2, 0.25) is 0 Å². The van der Waals surface area contributed by atoms with E-state index in [4.69, 9.17) is 5.73 Å². The van der Waals surface area contributed by atoms with Crippen LogP contribution in [0, 0.1) is 0 Å².